The van der Waals surface area contributed by atoms with Crippen LogP contribution >= 0.6 is 0 Å². The molecule has 2 aromatic rings. The maximum atomic E-state index is 3.50. The monoisotopic (exact) mass is 239 g/mol. The van der Waals surface area contributed by atoms with Gasteiger partial charge in [-0.2, -0.15) is 0 Å². The van der Waals surface area contributed by atoms with Crippen LogP contribution in [0.3, 0.4) is 0 Å². The number of rotatable bonds is 5. The number of benzene rings is 2. The van der Waals surface area contributed by atoms with Gasteiger partial charge >= 0.3 is 0 Å². The second kappa shape index (κ2) is 6.36. The summed E-state index contributed by atoms with van der Waals surface area (Å²) in [5.74, 6) is 0. The fraction of sp³-hybridized carbons (Fsp3) is 0.294. The molecule has 0 aliphatic heterocycles. The van der Waals surface area contributed by atoms with Gasteiger partial charge in [-0.25, -0.2) is 0 Å². The second-order valence-electron chi connectivity index (χ2n) is 4.77. The van der Waals surface area contributed by atoms with Crippen molar-refractivity contribution in [1.29, 1.82) is 0 Å². The van der Waals surface area contributed by atoms with Crippen LogP contribution < -0.4 is 5.32 Å². The molecule has 0 saturated heterocycles. The Kier molecular flexibility index (Phi) is 4.54. The van der Waals surface area contributed by atoms with E-state index in [1.807, 2.05) is 0 Å². The van der Waals surface area contributed by atoms with Gasteiger partial charge in [0.2, 0.25) is 0 Å². The Morgan fingerprint density at radius 2 is 1.44 bits per heavy atom. The van der Waals surface area contributed by atoms with Crippen LogP contribution in [0.1, 0.15) is 29.2 Å². The third-order valence-electron chi connectivity index (χ3n) is 3.14. The predicted octanol–water partition coefficient (Wildman–Crippen LogP) is 3.85. The minimum Gasteiger partial charge on any atom is -0.309 e. The molecule has 0 aliphatic carbocycles. The zero-order chi connectivity index (χ0) is 12.8. The summed E-state index contributed by atoms with van der Waals surface area (Å²) >= 11 is 0. The lowest BCUT2D eigenvalue weighted by Gasteiger charge is -2.07. The quantitative estimate of drug-likeness (QED) is 0.835. The van der Waals surface area contributed by atoms with Gasteiger partial charge in [0.15, 0.2) is 0 Å². The van der Waals surface area contributed by atoms with Crippen molar-refractivity contribution in [1.82, 2.24) is 5.32 Å². The molecule has 94 valence electrons. The molecule has 2 rings (SSSR count). The second-order valence-corrected chi connectivity index (χ2v) is 4.77. The molecule has 18 heavy (non-hydrogen) atoms. The Bertz CT molecular complexity index is 502. The summed E-state index contributed by atoms with van der Waals surface area (Å²) in [4.78, 5) is 0. The Morgan fingerprint density at radius 1 is 0.833 bits per heavy atom. The first-order valence-electron chi connectivity index (χ1n) is 6.62. The first-order valence-corrected chi connectivity index (χ1v) is 6.62. The van der Waals surface area contributed by atoms with E-state index in [-0.39, 0.29) is 0 Å². The normalized spacial score (nSPS) is 10.6. The van der Waals surface area contributed by atoms with Gasteiger partial charge in [0.05, 0.1) is 0 Å². The van der Waals surface area contributed by atoms with Gasteiger partial charge in [-0.15, -0.1) is 0 Å². The Hall–Kier alpha value is -1.60. The maximum Gasteiger partial charge on any atom is 0.0208 e. The molecule has 0 bridgehead atoms. The van der Waals surface area contributed by atoms with E-state index in [0.717, 1.165) is 19.5 Å². The Balaban J connectivity index is 1.88. The lowest BCUT2D eigenvalue weighted by molar-refractivity contribution is 0.692. The number of nitrogens with one attached hydrogen (secondary N) is 1. The van der Waals surface area contributed by atoms with Gasteiger partial charge in [0.25, 0.3) is 0 Å². The van der Waals surface area contributed by atoms with E-state index in [0.29, 0.717) is 0 Å². The van der Waals surface area contributed by atoms with Crippen LogP contribution in [0, 0.1) is 6.92 Å². The van der Waals surface area contributed by atoms with Crippen molar-refractivity contribution in [2.75, 3.05) is 0 Å². The van der Waals surface area contributed by atoms with Gasteiger partial charge in [-0.05, 0) is 30.0 Å². The molecule has 0 radical (unpaired) electrons. The molecule has 0 amide bonds. The average Bonchev–Trinajstić information content (AvgIpc) is 2.39. The highest BCUT2D eigenvalue weighted by atomic mass is 14.8. The topological polar surface area (TPSA) is 12.0 Å². The van der Waals surface area contributed by atoms with E-state index in [1.165, 1.54) is 22.3 Å². The SMILES string of the molecule is CCc1cccc(CNCc2cccc(C)c2)c1. The van der Waals surface area contributed by atoms with Gasteiger partial charge in [-0.1, -0.05) is 61.0 Å². The summed E-state index contributed by atoms with van der Waals surface area (Å²) in [6.45, 7) is 6.19. The van der Waals surface area contributed by atoms with Crippen LogP contribution in [0.4, 0.5) is 0 Å². The molecule has 0 heterocycles. The standard InChI is InChI=1S/C17H21N/c1-3-15-7-5-9-17(11-15)13-18-12-16-8-4-6-14(2)10-16/h4-11,18H,3,12-13H2,1-2H3. The van der Waals surface area contributed by atoms with Crippen LogP contribution in [-0.4, -0.2) is 0 Å². The third-order valence-corrected chi connectivity index (χ3v) is 3.14. The predicted molar refractivity (Wildman–Crippen MR) is 77.5 cm³/mol. The molecule has 0 unspecified atom stereocenters. The first kappa shape index (κ1) is 12.8. The Morgan fingerprint density at radius 3 is 2.11 bits per heavy atom. The summed E-state index contributed by atoms with van der Waals surface area (Å²) in [6.07, 6.45) is 1.10. The van der Waals surface area contributed by atoms with Crippen molar-refractivity contribution in [3.8, 4) is 0 Å². The lowest BCUT2D eigenvalue weighted by Crippen LogP contribution is -2.12. The molecule has 1 N–H and O–H groups in total. The smallest absolute Gasteiger partial charge is 0.0208 e. The van der Waals surface area contributed by atoms with Gasteiger partial charge in [0.1, 0.15) is 0 Å². The molecule has 0 spiro atoms. The highest BCUT2D eigenvalue weighted by Gasteiger charge is 1.96. The van der Waals surface area contributed by atoms with E-state index < -0.39 is 0 Å². The number of hydrogen-bond acceptors (Lipinski definition) is 1. The third kappa shape index (κ3) is 3.71. The van der Waals surface area contributed by atoms with Gasteiger partial charge in [0, 0.05) is 13.1 Å². The van der Waals surface area contributed by atoms with Crippen LogP contribution in [0.15, 0.2) is 48.5 Å². The van der Waals surface area contributed by atoms with Crippen LogP contribution in [-0.2, 0) is 19.5 Å². The Labute approximate surface area is 110 Å². The van der Waals surface area contributed by atoms with E-state index in [4.69, 9.17) is 0 Å². The van der Waals surface area contributed by atoms with Crippen molar-refractivity contribution < 1.29 is 0 Å². The number of aryl methyl sites for hydroxylation is 2. The minimum absolute atomic E-state index is 0.929. The van der Waals surface area contributed by atoms with E-state index in [9.17, 15) is 0 Å². The summed E-state index contributed by atoms with van der Waals surface area (Å²) in [6, 6.07) is 17.4. The summed E-state index contributed by atoms with van der Waals surface area (Å²) in [5.41, 5.74) is 5.44. The maximum absolute atomic E-state index is 3.50. The zero-order valence-corrected chi connectivity index (χ0v) is 11.2. The lowest BCUT2D eigenvalue weighted by atomic mass is 10.1. The minimum atomic E-state index is 0.929. The molecule has 2 aromatic carbocycles. The molecule has 0 aromatic heterocycles. The van der Waals surface area contributed by atoms with Crippen LogP contribution in [0.25, 0.3) is 0 Å². The fourth-order valence-corrected chi connectivity index (χ4v) is 2.13. The molecular weight excluding hydrogens is 218 g/mol. The van der Waals surface area contributed by atoms with Crippen molar-refractivity contribution >= 4 is 0 Å². The van der Waals surface area contributed by atoms with Gasteiger partial charge in [-0.3, -0.25) is 0 Å². The molecule has 0 saturated carbocycles. The van der Waals surface area contributed by atoms with E-state index in [2.05, 4.69) is 67.7 Å². The molecule has 0 aliphatic rings. The van der Waals surface area contributed by atoms with E-state index >= 15 is 0 Å². The summed E-state index contributed by atoms with van der Waals surface area (Å²) in [7, 11) is 0. The van der Waals surface area contributed by atoms with Gasteiger partial charge < -0.3 is 5.32 Å². The summed E-state index contributed by atoms with van der Waals surface area (Å²) < 4.78 is 0. The molecule has 0 fully saturated rings. The number of hydrogen-bond donors (Lipinski definition) is 1. The van der Waals surface area contributed by atoms with Crippen molar-refractivity contribution in [3.63, 3.8) is 0 Å². The van der Waals surface area contributed by atoms with Crippen molar-refractivity contribution in [3.05, 3.63) is 70.8 Å². The largest absolute Gasteiger partial charge is 0.309 e. The fourth-order valence-electron chi connectivity index (χ4n) is 2.13. The van der Waals surface area contributed by atoms with E-state index in [1.54, 1.807) is 0 Å². The first-order chi connectivity index (χ1) is 8.78. The van der Waals surface area contributed by atoms with Crippen LogP contribution in [0.5, 0.6) is 0 Å². The average molecular weight is 239 g/mol. The molecule has 1 nitrogen and oxygen atoms in total. The molecule has 0 atom stereocenters. The highest BCUT2D eigenvalue weighted by Crippen LogP contribution is 2.07. The molecular formula is C17H21N. The van der Waals surface area contributed by atoms with Crippen molar-refractivity contribution in [2.24, 2.45) is 0 Å². The summed E-state index contributed by atoms with van der Waals surface area (Å²) in [5, 5.41) is 3.50. The highest BCUT2D eigenvalue weighted by molar-refractivity contribution is 5.24. The zero-order valence-electron chi connectivity index (χ0n) is 11.2. The molecule has 1 heteroatoms. The van der Waals surface area contributed by atoms with Crippen molar-refractivity contribution in [2.45, 2.75) is 33.4 Å². The van der Waals surface area contributed by atoms with Crippen LogP contribution in [0.2, 0.25) is 0 Å².